The van der Waals surface area contributed by atoms with Crippen LogP contribution in [0.5, 0.6) is 0 Å². The Kier molecular flexibility index (Phi) is 5.73. The lowest BCUT2D eigenvalue weighted by Gasteiger charge is -2.22. The van der Waals surface area contributed by atoms with Crippen LogP contribution in [0.4, 0.5) is 0 Å². The van der Waals surface area contributed by atoms with Crippen LogP contribution in [0.15, 0.2) is 12.2 Å². The van der Waals surface area contributed by atoms with E-state index in [0.717, 1.165) is 0 Å². The molecule has 0 aromatic rings. The zero-order valence-corrected chi connectivity index (χ0v) is 9.59. The van der Waals surface area contributed by atoms with E-state index in [-0.39, 0.29) is 31.3 Å². The van der Waals surface area contributed by atoms with E-state index in [0.29, 0.717) is 0 Å². The molecule has 7 heteroatoms. The lowest BCUT2D eigenvalue weighted by molar-refractivity contribution is -0.325. The van der Waals surface area contributed by atoms with Gasteiger partial charge in [-0.3, -0.25) is 0 Å². The molecule has 0 spiro atoms. The first kappa shape index (κ1) is 16.0. The molecule has 0 aliphatic rings. The number of rotatable bonds is 7. The van der Waals surface area contributed by atoms with Crippen molar-refractivity contribution in [3.8, 4) is 0 Å². The maximum Gasteiger partial charge on any atom is 0.337 e. The second-order valence-electron chi connectivity index (χ2n) is 3.89. The Bertz CT molecular complexity index is 277. The van der Waals surface area contributed by atoms with Gasteiger partial charge in [-0.2, -0.15) is 0 Å². The third-order valence-corrected chi connectivity index (χ3v) is 1.87. The molecule has 0 radical (unpaired) electrons. The van der Waals surface area contributed by atoms with Gasteiger partial charge in [0.15, 0.2) is 0 Å². The zero-order valence-electron chi connectivity index (χ0n) is 9.59. The van der Waals surface area contributed by atoms with Crippen LogP contribution in [0, 0.1) is 0 Å². The van der Waals surface area contributed by atoms with E-state index in [2.05, 4.69) is 11.3 Å². The molecular weight excluding hydrogens is 232 g/mol. The van der Waals surface area contributed by atoms with Crippen molar-refractivity contribution in [2.24, 2.45) is 0 Å². The molecule has 0 heterocycles. The predicted octanol–water partition coefficient (Wildman–Crippen LogP) is -1.06. The molecule has 17 heavy (non-hydrogen) atoms. The quantitative estimate of drug-likeness (QED) is 0.168. The summed E-state index contributed by atoms with van der Waals surface area (Å²) in [6.45, 7) is 4.63. The maximum atomic E-state index is 11.0. The molecule has 0 saturated carbocycles. The van der Waals surface area contributed by atoms with E-state index < -0.39 is 17.9 Å². The van der Waals surface area contributed by atoms with Crippen LogP contribution in [0.25, 0.3) is 0 Å². The highest BCUT2D eigenvalue weighted by atomic mass is 16.8. The van der Waals surface area contributed by atoms with Crippen molar-refractivity contribution in [2.45, 2.75) is 44.6 Å². The first-order chi connectivity index (χ1) is 7.53. The van der Waals surface area contributed by atoms with Crippen LogP contribution in [-0.4, -0.2) is 43.4 Å². The second-order valence-corrected chi connectivity index (χ2v) is 3.89. The van der Waals surface area contributed by atoms with Gasteiger partial charge in [0.25, 0.3) is 5.97 Å². The molecule has 0 unspecified atom stereocenters. The molecule has 0 amide bonds. The number of carbonyl (C=O) groups is 1. The Balaban J connectivity index is 3.94. The highest BCUT2D eigenvalue weighted by molar-refractivity contribution is 5.87. The van der Waals surface area contributed by atoms with Gasteiger partial charge in [0.05, 0.1) is 0 Å². The summed E-state index contributed by atoms with van der Waals surface area (Å²) in [5.74, 6) is -6.34. The van der Waals surface area contributed by atoms with Gasteiger partial charge < -0.3 is 30.3 Å². The fraction of sp³-hybridized carbons (Fsp3) is 0.700. The minimum absolute atomic E-state index is 0.0255. The van der Waals surface area contributed by atoms with Crippen molar-refractivity contribution in [3.63, 3.8) is 0 Å². The number of hydrogen-bond donors (Lipinski definition) is 5. The van der Waals surface area contributed by atoms with Crippen LogP contribution >= 0.6 is 0 Å². The summed E-state index contributed by atoms with van der Waals surface area (Å²) in [5, 5.41) is 44.2. The standard InChI is InChI=1S/C10H18O7/c1-7(2)8(11)17-10(15,16)6-4-3-5-9(12,13)14/h12-16H,1,3-6H2,2H3. The minimum Gasteiger partial charge on any atom is -0.405 e. The van der Waals surface area contributed by atoms with E-state index in [1.807, 2.05) is 0 Å². The Labute approximate surface area is 98.6 Å². The highest BCUT2D eigenvalue weighted by Gasteiger charge is 2.28. The van der Waals surface area contributed by atoms with Crippen molar-refractivity contribution in [3.05, 3.63) is 12.2 Å². The number of hydrogen-bond acceptors (Lipinski definition) is 7. The summed E-state index contributed by atoms with van der Waals surface area (Å²) in [6.07, 6.45) is -0.448. The molecule has 0 aliphatic heterocycles. The smallest absolute Gasteiger partial charge is 0.337 e. The molecule has 0 fully saturated rings. The Morgan fingerprint density at radius 2 is 1.59 bits per heavy atom. The van der Waals surface area contributed by atoms with Gasteiger partial charge in [-0.25, -0.2) is 4.79 Å². The summed E-state index contributed by atoms with van der Waals surface area (Å²) >= 11 is 0. The van der Waals surface area contributed by atoms with Gasteiger partial charge in [0.1, 0.15) is 0 Å². The molecule has 7 nitrogen and oxygen atoms in total. The normalized spacial score (nSPS) is 12.4. The van der Waals surface area contributed by atoms with Crippen molar-refractivity contribution in [1.82, 2.24) is 0 Å². The summed E-state index contributed by atoms with van der Waals surface area (Å²) < 4.78 is 4.32. The number of esters is 1. The predicted molar refractivity (Wildman–Crippen MR) is 55.9 cm³/mol. The number of carbonyl (C=O) groups excluding carboxylic acids is 1. The lowest BCUT2D eigenvalue weighted by atomic mass is 10.1. The molecule has 0 atom stereocenters. The van der Waals surface area contributed by atoms with Crippen LogP contribution in [-0.2, 0) is 9.53 Å². The van der Waals surface area contributed by atoms with Gasteiger partial charge in [-0.05, 0) is 19.8 Å². The van der Waals surface area contributed by atoms with Crippen LogP contribution in [0.3, 0.4) is 0 Å². The fourth-order valence-corrected chi connectivity index (χ4v) is 1.00. The molecule has 5 N–H and O–H groups in total. The second kappa shape index (κ2) is 6.08. The zero-order chi connectivity index (χ0) is 13.7. The minimum atomic E-state index is -2.78. The van der Waals surface area contributed by atoms with Crippen LogP contribution < -0.4 is 0 Å². The van der Waals surface area contributed by atoms with Crippen molar-refractivity contribution in [1.29, 1.82) is 0 Å². The Hall–Kier alpha value is -0.990. The number of ether oxygens (including phenoxy) is 1. The maximum absolute atomic E-state index is 11.0. The molecule has 0 saturated heterocycles. The first-order valence-electron chi connectivity index (χ1n) is 5.04. The number of aliphatic hydroxyl groups is 5. The summed E-state index contributed by atoms with van der Waals surface area (Å²) in [6, 6.07) is 0. The monoisotopic (exact) mass is 250 g/mol. The summed E-state index contributed by atoms with van der Waals surface area (Å²) in [7, 11) is 0. The number of unbranched alkanes of at least 4 members (excludes halogenated alkanes) is 1. The molecule has 0 aromatic carbocycles. The van der Waals surface area contributed by atoms with E-state index >= 15 is 0 Å². The third-order valence-electron chi connectivity index (χ3n) is 1.87. The van der Waals surface area contributed by atoms with Gasteiger partial charge in [0.2, 0.25) is 0 Å². The molecular formula is C10H18O7. The van der Waals surface area contributed by atoms with Gasteiger partial charge >= 0.3 is 11.9 Å². The van der Waals surface area contributed by atoms with Crippen molar-refractivity contribution >= 4 is 5.97 Å². The van der Waals surface area contributed by atoms with Crippen molar-refractivity contribution < 1.29 is 35.1 Å². The average Bonchev–Trinajstić information content (AvgIpc) is 2.10. The van der Waals surface area contributed by atoms with Crippen LogP contribution in [0.1, 0.15) is 32.6 Å². The molecule has 0 aromatic heterocycles. The third kappa shape index (κ3) is 8.78. The molecule has 0 bridgehead atoms. The van der Waals surface area contributed by atoms with Gasteiger partial charge in [-0.1, -0.05) is 6.58 Å². The first-order valence-corrected chi connectivity index (χ1v) is 5.04. The molecule has 0 aliphatic carbocycles. The highest BCUT2D eigenvalue weighted by Crippen LogP contribution is 2.17. The average molecular weight is 250 g/mol. The van der Waals surface area contributed by atoms with E-state index in [9.17, 15) is 15.0 Å². The van der Waals surface area contributed by atoms with E-state index in [1.54, 1.807) is 0 Å². The van der Waals surface area contributed by atoms with Crippen LogP contribution in [0.2, 0.25) is 0 Å². The topological polar surface area (TPSA) is 127 Å². The Morgan fingerprint density at radius 3 is 2.00 bits per heavy atom. The van der Waals surface area contributed by atoms with Gasteiger partial charge in [-0.15, -0.1) is 0 Å². The van der Waals surface area contributed by atoms with Crippen molar-refractivity contribution in [2.75, 3.05) is 0 Å². The Morgan fingerprint density at radius 1 is 1.12 bits per heavy atom. The summed E-state index contributed by atoms with van der Waals surface area (Å²) in [5.41, 5.74) is 0.0255. The lowest BCUT2D eigenvalue weighted by Crippen LogP contribution is -2.35. The largest absolute Gasteiger partial charge is 0.405 e. The van der Waals surface area contributed by atoms with Gasteiger partial charge in [0, 0.05) is 18.4 Å². The summed E-state index contributed by atoms with van der Waals surface area (Å²) in [4.78, 5) is 11.0. The SMILES string of the molecule is C=C(C)C(=O)OC(O)(O)CCCCC(O)(O)O. The van der Waals surface area contributed by atoms with E-state index in [1.165, 1.54) is 6.92 Å². The van der Waals surface area contributed by atoms with E-state index in [4.69, 9.17) is 15.3 Å². The fourth-order valence-electron chi connectivity index (χ4n) is 1.00. The molecule has 100 valence electrons. The molecule has 0 rings (SSSR count).